The van der Waals surface area contributed by atoms with E-state index >= 15 is 0 Å². The number of methoxy groups -OCH3 is 2. The molecule has 9 heteroatoms. The lowest BCUT2D eigenvalue weighted by Crippen LogP contribution is -2.22. The van der Waals surface area contributed by atoms with Crippen LogP contribution in [0.25, 0.3) is 4.96 Å². The molecule has 0 fully saturated rings. The van der Waals surface area contributed by atoms with Crippen molar-refractivity contribution in [2.75, 3.05) is 14.2 Å². The van der Waals surface area contributed by atoms with Gasteiger partial charge in [0.05, 0.1) is 14.2 Å². The number of ether oxygens (including phenoxy) is 2. The highest BCUT2D eigenvalue weighted by molar-refractivity contribution is 7.73. The maximum Gasteiger partial charge on any atom is 0.295 e. The summed E-state index contributed by atoms with van der Waals surface area (Å²) >= 11 is 6.22. The molecule has 3 rings (SSSR count). The number of hydrogen-bond acceptors (Lipinski definition) is 7. The quantitative estimate of drug-likeness (QED) is 0.732. The smallest absolute Gasteiger partial charge is 0.295 e. The zero-order valence-corrected chi connectivity index (χ0v) is 13.5. The molecule has 0 saturated carbocycles. The molecule has 2 heterocycles. The third-order valence-corrected chi connectivity index (χ3v) is 4.19. The van der Waals surface area contributed by atoms with Gasteiger partial charge in [0.1, 0.15) is 5.69 Å². The molecule has 3 aromatic rings. The van der Waals surface area contributed by atoms with E-state index in [1.54, 1.807) is 20.3 Å². The SMILES string of the molecule is COc1cccc(Cc2nnc3sc(=S)[nH]n3c2=O)c1OC. The minimum Gasteiger partial charge on any atom is -0.493 e. The molecule has 2 aromatic heterocycles. The van der Waals surface area contributed by atoms with Crippen molar-refractivity contribution < 1.29 is 9.47 Å². The van der Waals surface area contributed by atoms with Crippen molar-refractivity contribution in [3.8, 4) is 11.5 Å². The molecule has 0 bridgehead atoms. The van der Waals surface area contributed by atoms with Crippen LogP contribution in [0.5, 0.6) is 11.5 Å². The van der Waals surface area contributed by atoms with E-state index in [4.69, 9.17) is 21.7 Å². The van der Waals surface area contributed by atoms with Gasteiger partial charge in [0.15, 0.2) is 15.5 Å². The van der Waals surface area contributed by atoms with Crippen LogP contribution in [0, 0.1) is 3.95 Å². The van der Waals surface area contributed by atoms with Gasteiger partial charge >= 0.3 is 0 Å². The Labute approximate surface area is 134 Å². The molecule has 1 aromatic carbocycles. The summed E-state index contributed by atoms with van der Waals surface area (Å²) in [6.45, 7) is 0. The summed E-state index contributed by atoms with van der Waals surface area (Å²) in [5.41, 5.74) is 0.817. The van der Waals surface area contributed by atoms with Crippen molar-refractivity contribution in [2.45, 2.75) is 6.42 Å². The predicted molar refractivity (Wildman–Crippen MR) is 84.7 cm³/mol. The molecule has 0 aliphatic rings. The van der Waals surface area contributed by atoms with E-state index in [0.29, 0.717) is 26.1 Å². The zero-order chi connectivity index (χ0) is 15.7. The van der Waals surface area contributed by atoms with Gasteiger partial charge < -0.3 is 9.47 Å². The summed E-state index contributed by atoms with van der Waals surface area (Å²) in [7, 11) is 3.12. The monoisotopic (exact) mass is 336 g/mol. The van der Waals surface area contributed by atoms with Crippen LogP contribution in [0.15, 0.2) is 23.0 Å². The molecule has 0 amide bonds. The van der Waals surface area contributed by atoms with Gasteiger partial charge in [-0.25, -0.2) is 0 Å². The Morgan fingerprint density at radius 2 is 2.14 bits per heavy atom. The number of aromatic amines is 1. The Morgan fingerprint density at radius 3 is 2.86 bits per heavy atom. The van der Waals surface area contributed by atoms with Crippen molar-refractivity contribution in [3.63, 3.8) is 0 Å². The van der Waals surface area contributed by atoms with E-state index in [1.165, 1.54) is 15.9 Å². The number of rotatable bonds is 4. The van der Waals surface area contributed by atoms with Crippen LogP contribution in [-0.4, -0.2) is 34.0 Å². The highest BCUT2D eigenvalue weighted by Crippen LogP contribution is 2.31. The van der Waals surface area contributed by atoms with E-state index in [9.17, 15) is 4.79 Å². The van der Waals surface area contributed by atoms with Gasteiger partial charge in [-0.05, 0) is 18.3 Å². The fourth-order valence-corrected chi connectivity index (χ4v) is 3.07. The number of hydrogen-bond donors (Lipinski definition) is 1. The standard InChI is InChI=1S/C13H12N4O3S2/c1-19-9-5-3-4-7(10(9)20-2)6-8-11(18)17-12(15-14-8)22-13(21)16-17/h3-5H,6H2,1-2H3,(H,16,21). The molecule has 7 nitrogen and oxygen atoms in total. The lowest BCUT2D eigenvalue weighted by atomic mass is 10.1. The van der Waals surface area contributed by atoms with Gasteiger partial charge in [-0.15, -0.1) is 10.2 Å². The molecule has 0 spiro atoms. The third kappa shape index (κ3) is 2.48. The van der Waals surface area contributed by atoms with Crippen LogP contribution in [-0.2, 0) is 6.42 Å². The molecule has 0 radical (unpaired) electrons. The number of H-pyrrole nitrogens is 1. The van der Waals surface area contributed by atoms with Gasteiger partial charge in [-0.1, -0.05) is 23.5 Å². The summed E-state index contributed by atoms with van der Waals surface area (Å²) in [5.74, 6) is 1.18. The van der Waals surface area contributed by atoms with E-state index in [0.717, 1.165) is 5.56 Å². The molecule has 0 atom stereocenters. The summed E-state index contributed by atoms with van der Waals surface area (Å²) in [6.07, 6.45) is 0.283. The number of benzene rings is 1. The van der Waals surface area contributed by atoms with Crippen LogP contribution in [0.3, 0.4) is 0 Å². The number of aromatic nitrogens is 4. The maximum absolute atomic E-state index is 12.4. The molecule has 0 saturated heterocycles. The Kier molecular flexibility index (Phi) is 3.90. The first-order valence-electron chi connectivity index (χ1n) is 6.31. The second-order valence-corrected chi connectivity index (χ2v) is 6.04. The molecule has 0 unspecified atom stereocenters. The van der Waals surface area contributed by atoms with E-state index in [1.807, 2.05) is 12.1 Å². The first-order valence-corrected chi connectivity index (χ1v) is 7.54. The number of fused-ring (bicyclic) bond motifs is 1. The Bertz CT molecular complexity index is 944. The van der Waals surface area contributed by atoms with E-state index < -0.39 is 0 Å². The Morgan fingerprint density at radius 1 is 1.32 bits per heavy atom. The van der Waals surface area contributed by atoms with Crippen molar-refractivity contribution in [3.05, 3.63) is 43.8 Å². The van der Waals surface area contributed by atoms with Crippen LogP contribution < -0.4 is 15.0 Å². The molecule has 22 heavy (non-hydrogen) atoms. The maximum atomic E-state index is 12.4. The van der Waals surface area contributed by atoms with Crippen LogP contribution in [0.4, 0.5) is 0 Å². The first-order chi connectivity index (χ1) is 10.6. The normalized spacial score (nSPS) is 10.8. The topological polar surface area (TPSA) is 81.5 Å². The van der Waals surface area contributed by atoms with E-state index in [-0.39, 0.29) is 12.0 Å². The predicted octanol–water partition coefficient (Wildman–Crippen LogP) is 1.82. The molecular formula is C13H12N4O3S2. The van der Waals surface area contributed by atoms with Gasteiger partial charge in [-0.2, -0.15) is 4.52 Å². The molecule has 0 aliphatic heterocycles. The Balaban J connectivity index is 2.09. The highest BCUT2D eigenvalue weighted by Gasteiger charge is 2.14. The number of nitrogens with zero attached hydrogens (tertiary/aromatic N) is 3. The van der Waals surface area contributed by atoms with Crippen molar-refractivity contribution in [1.29, 1.82) is 0 Å². The van der Waals surface area contributed by atoms with Gasteiger partial charge in [-0.3, -0.25) is 9.89 Å². The van der Waals surface area contributed by atoms with Gasteiger partial charge in [0, 0.05) is 12.0 Å². The lowest BCUT2D eigenvalue weighted by Gasteiger charge is -2.11. The van der Waals surface area contributed by atoms with E-state index in [2.05, 4.69) is 15.3 Å². The van der Waals surface area contributed by atoms with Crippen molar-refractivity contribution in [1.82, 2.24) is 19.8 Å². The number of para-hydroxylation sites is 1. The molecule has 1 N–H and O–H groups in total. The average molecular weight is 336 g/mol. The second-order valence-electron chi connectivity index (χ2n) is 4.40. The minimum atomic E-state index is -0.276. The highest BCUT2D eigenvalue weighted by atomic mass is 32.1. The zero-order valence-electron chi connectivity index (χ0n) is 11.8. The number of nitrogens with one attached hydrogen (secondary N) is 1. The van der Waals surface area contributed by atoms with Gasteiger partial charge in [0.25, 0.3) is 5.56 Å². The lowest BCUT2D eigenvalue weighted by molar-refractivity contribution is 0.352. The largest absolute Gasteiger partial charge is 0.493 e. The van der Waals surface area contributed by atoms with Crippen LogP contribution in [0.2, 0.25) is 0 Å². The summed E-state index contributed by atoms with van der Waals surface area (Å²) in [4.78, 5) is 12.9. The van der Waals surface area contributed by atoms with Crippen molar-refractivity contribution >= 4 is 28.5 Å². The summed E-state index contributed by atoms with van der Waals surface area (Å²) < 4.78 is 12.4. The fourth-order valence-electron chi connectivity index (χ4n) is 2.15. The summed E-state index contributed by atoms with van der Waals surface area (Å²) in [6, 6.07) is 5.48. The first kappa shape index (κ1) is 14.7. The summed E-state index contributed by atoms with van der Waals surface area (Å²) in [5, 5.41) is 10.8. The van der Waals surface area contributed by atoms with Crippen LogP contribution in [0.1, 0.15) is 11.3 Å². The third-order valence-electron chi connectivity index (χ3n) is 3.13. The molecule has 114 valence electrons. The fraction of sp³-hybridized carbons (Fsp3) is 0.231. The Hall–Kier alpha value is -2.26. The molecule has 0 aliphatic carbocycles. The minimum absolute atomic E-state index is 0.276. The molecular weight excluding hydrogens is 324 g/mol. The average Bonchev–Trinajstić information content (AvgIpc) is 2.91. The van der Waals surface area contributed by atoms with Crippen molar-refractivity contribution in [2.24, 2.45) is 0 Å². The second kappa shape index (κ2) is 5.85. The van der Waals surface area contributed by atoms with Gasteiger partial charge in [0.2, 0.25) is 4.96 Å². The van der Waals surface area contributed by atoms with Crippen LogP contribution >= 0.6 is 23.6 Å².